The number of hydrogen-bond donors (Lipinski definition) is 0. The lowest BCUT2D eigenvalue weighted by Crippen LogP contribution is -2.35. The van der Waals surface area contributed by atoms with Gasteiger partial charge in [-0.2, -0.15) is 4.67 Å². The molecule has 1 aliphatic heterocycles. The van der Waals surface area contributed by atoms with E-state index in [1.54, 1.807) is 72.8 Å². The molecule has 1 unspecified atom stereocenters. The average Bonchev–Trinajstić information content (AvgIpc) is 2.63. The van der Waals surface area contributed by atoms with Crippen LogP contribution in [0.3, 0.4) is 0 Å². The lowest BCUT2D eigenvalue weighted by Gasteiger charge is -2.34. The molecule has 0 radical (unpaired) electrons. The van der Waals surface area contributed by atoms with E-state index in [1.807, 2.05) is 12.1 Å². The Morgan fingerprint density at radius 1 is 0.800 bits per heavy atom. The van der Waals surface area contributed by atoms with Gasteiger partial charge in [-0.05, 0) is 36.4 Å². The zero-order valence-electron chi connectivity index (χ0n) is 13.1. The summed E-state index contributed by atoms with van der Waals surface area (Å²) in [5.74, 6) is 0.185. The average molecular weight is 351 g/mol. The van der Waals surface area contributed by atoms with E-state index in [0.717, 1.165) is 4.67 Å². The van der Waals surface area contributed by atoms with Crippen molar-refractivity contribution in [3.63, 3.8) is 0 Å². The normalized spacial score (nSPS) is 19.0. The van der Waals surface area contributed by atoms with Gasteiger partial charge in [0.15, 0.2) is 0 Å². The molecule has 3 aromatic rings. The first-order valence-corrected chi connectivity index (χ1v) is 9.20. The van der Waals surface area contributed by atoms with Gasteiger partial charge in [0.05, 0.1) is 11.3 Å². The van der Waals surface area contributed by atoms with E-state index in [2.05, 4.69) is 0 Å². The number of para-hydroxylation sites is 3. The van der Waals surface area contributed by atoms with Crippen LogP contribution in [0.5, 0.6) is 11.5 Å². The third kappa shape index (κ3) is 2.79. The summed E-state index contributed by atoms with van der Waals surface area (Å²) in [6, 6.07) is 24.1. The molecule has 25 heavy (non-hydrogen) atoms. The van der Waals surface area contributed by atoms with E-state index in [9.17, 15) is 9.36 Å². The van der Waals surface area contributed by atoms with Gasteiger partial charge in [-0.15, -0.1) is 0 Å². The lowest BCUT2D eigenvalue weighted by atomic mass is 10.2. The highest BCUT2D eigenvalue weighted by molar-refractivity contribution is 7.58. The number of benzene rings is 3. The van der Waals surface area contributed by atoms with Crippen molar-refractivity contribution in [1.82, 2.24) is 0 Å². The number of carbonyl (C=O) groups excluding carboxylic acids is 1. The second-order valence-electron chi connectivity index (χ2n) is 5.41. The van der Waals surface area contributed by atoms with Crippen LogP contribution < -0.4 is 13.7 Å². The molecular formula is C19H14NO4P. The molecule has 0 N–H and O–H groups in total. The first kappa shape index (κ1) is 15.5. The highest BCUT2D eigenvalue weighted by Gasteiger charge is 2.47. The van der Waals surface area contributed by atoms with Gasteiger partial charge in [-0.25, -0.2) is 4.57 Å². The molecule has 1 heterocycles. The predicted molar refractivity (Wildman–Crippen MR) is 95.0 cm³/mol. The first-order valence-electron chi connectivity index (χ1n) is 7.71. The van der Waals surface area contributed by atoms with Crippen molar-refractivity contribution < 1.29 is 18.4 Å². The Kier molecular flexibility index (Phi) is 3.79. The summed E-state index contributed by atoms with van der Waals surface area (Å²) in [6.45, 7) is 0. The van der Waals surface area contributed by atoms with Crippen molar-refractivity contribution in [2.75, 3.05) is 4.67 Å². The molecule has 4 rings (SSSR count). The quantitative estimate of drug-likeness (QED) is 0.629. The fourth-order valence-corrected chi connectivity index (χ4v) is 4.36. The van der Waals surface area contributed by atoms with Crippen LogP contribution >= 0.6 is 7.75 Å². The topological polar surface area (TPSA) is 55.8 Å². The summed E-state index contributed by atoms with van der Waals surface area (Å²) < 4.78 is 26.0. The van der Waals surface area contributed by atoms with Gasteiger partial charge in [0, 0.05) is 0 Å². The Hall–Kier alpha value is -3.04. The number of nitrogens with zero attached hydrogens (tertiary/aromatic N) is 1. The Balaban J connectivity index is 1.85. The molecule has 0 saturated carbocycles. The fraction of sp³-hybridized carbons (Fsp3) is 0. The Morgan fingerprint density at radius 2 is 1.40 bits per heavy atom. The fourth-order valence-electron chi connectivity index (χ4n) is 2.62. The van der Waals surface area contributed by atoms with Crippen LogP contribution in [0.2, 0.25) is 0 Å². The lowest BCUT2D eigenvalue weighted by molar-refractivity contribution is 0.0990. The number of rotatable bonds is 3. The third-order valence-electron chi connectivity index (χ3n) is 3.73. The molecule has 0 spiro atoms. The van der Waals surface area contributed by atoms with Gasteiger partial charge >= 0.3 is 7.75 Å². The first-order chi connectivity index (χ1) is 12.2. The van der Waals surface area contributed by atoms with Crippen molar-refractivity contribution in [1.29, 1.82) is 0 Å². The van der Waals surface area contributed by atoms with Crippen molar-refractivity contribution in [2.45, 2.75) is 0 Å². The monoisotopic (exact) mass is 351 g/mol. The van der Waals surface area contributed by atoms with Crippen molar-refractivity contribution in [3.05, 3.63) is 90.5 Å². The Bertz CT molecular complexity index is 959. The van der Waals surface area contributed by atoms with Crippen molar-refractivity contribution in [3.8, 4) is 11.5 Å². The van der Waals surface area contributed by atoms with Crippen LogP contribution in [0.25, 0.3) is 0 Å². The molecule has 0 aliphatic carbocycles. The summed E-state index contributed by atoms with van der Waals surface area (Å²) in [6.07, 6.45) is 0. The second kappa shape index (κ2) is 6.11. The number of carbonyl (C=O) groups is 1. The van der Waals surface area contributed by atoms with Gasteiger partial charge in [0.25, 0.3) is 5.91 Å². The van der Waals surface area contributed by atoms with E-state index in [0.29, 0.717) is 17.0 Å². The second-order valence-corrected chi connectivity index (χ2v) is 7.12. The zero-order valence-corrected chi connectivity index (χ0v) is 14.0. The SMILES string of the molecule is O=C1c2ccccc2OP(=O)(Oc2ccccc2)N1c1ccccc1. The smallest absolute Gasteiger partial charge is 0.400 e. The van der Waals surface area contributed by atoms with Gasteiger partial charge < -0.3 is 9.05 Å². The predicted octanol–water partition coefficient (Wildman–Crippen LogP) is 4.91. The van der Waals surface area contributed by atoms with Crippen LogP contribution in [-0.2, 0) is 4.57 Å². The highest BCUT2D eigenvalue weighted by atomic mass is 31.2. The van der Waals surface area contributed by atoms with E-state index < -0.39 is 13.7 Å². The largest absolute Gasteiger partial charge is 0.551 e. The third-order valence-corrected chi connectivity index (χ3v) is 5.50. The Labute approximate surface area is 145 Å². The number of hydrogen-bond acceptors (Lipinski definition) is 4. The van der Waals surface area contributed by atoms with Crippen LogP contribution in [-0.4, -0.2) is 5.91 Å². The maximum atomic E-state index is 13.6. The molecule has 0 saturated heterocycles. The molecule has 0 aromatic heterocycles. The maximum absolute atomic E-state index is 13.6. The van der Waals surface area contributed by atoms with Gasteiger partial charge in [-0.1, -0.05) is 48.5 Å². The standard InChI is InChI=1S/C19H14NO4P/c21-19-17-13-7-8-14-18(17)24-25(22,23-16-11-5-2-6-12-16)20(19)15-9-3-1-4-10-15/h1-14H. The molecule has 1 atom stereocenters. The summed E-state index contributed by atoms with van der Waals surface area (Å²) in [7, 11) is -3.97. The van der Waals surface area contributed by atoms with Gasteiger partial charge in [0.2, 0.25) is 0 Å². The zero-order chi connectivity index (χ0) is 17.3. The Morgan fingerprint density at radius 3 is 2.12 bits per heavy atom. The maximum Gasteiger partial charge on any atom is 0.551 e. The molecule has 3 aromatic carbocycles. The molecule has 1 amide bonds. The van der Waals surface area contributed by atoms with Gasteiger partial charge in [0.1, 0.15) is 11.5 Å². The molecule has 1 aliphatic rings. The van der Waals surface area contributed by atoms with Crippen molar-refractivity contribution >= 4 is 19.3 Å². The molecule has 6 heteroatoms. The van der Waals surface area contributed by atoms with Crippen molar-refractivity contribution in [2.24, 2.45) is 0 Å². The molecule has 124 valence electrons. The molecule has 0 bridgehead atoms. The van der Waals surface area contributed by atoms with Crippen LogP contribution in [0.15, 0.2) is 84.9 Å². The van der Waals surface area contributed by atoms with E-state index >= 15 is 0 Å². The number of anilines is 1. The highest BCUT2D eigenvalue weighted by Crippen LogP contribution is 2.57. The minimum atomic E-state index is -3.97. The summed E-state index contributed by atoms with van der Waals surface area (Å²) in [4.78, 5) is 13.0. The van der Waals surface area contributed by atoms with E-state index in [-0.39, 0.29) is 5.75 Å². The summed E-state index contributed by atoms with van der Waals surface area (Å²) >= 11 is 0. The molecular weight excluding hydrogens is 337 g/mol. The van der Waals surface area contributed by atoms with Crippen LogP contribution in [0, 0.1) is 0 Å². The van der Waals surface area contributed by atoms with E-state index in [1.165, 1.54) is 0 Å². The minimum Gasteiger partial charge on any atom is -0.400 e. The molecule has 0 fully saturated rings. The van der Waals surface area contributed by atoms with Gasteiger partial charge in [-0.3, -0.25) is 4.79 Å². The summed E-state index contributed by atoms with van der Waals surface area (Å²) in [5.41, 5.74) is 0.788. The summed E-state index contributed by atoms with van der Waals surface area (Å²) in [5, 5.41) is 0. The number of fused-ring (bicyclic) bond motifs is 1. The van der Waals surface area contributed by atoms with Crippen LogP contribution in [0.1, 0.15) is 10.4 Å². The van der Waals surface area contributed by atoms with E-state index in [4.69, 9.17) is 9.05 Å². The molecule has 5 nitrogen and oxygen atoms in total. The number of amides is 1. The van der Waals surface area contributed by atoms with Crippen LogP contribution in [0.4, 0.5) is 5.69 Å². The minimum absolute atomic E-state index is 0.249.